The highest BCUT2D eigenvalue weighted by Crippen LogP contribution is 2.26. The maximum absolute atomic E-state index is 12.4. The molecule has 0 unspecified atom stereocenters. The molecular formula is C21H19N5O2S. The molecule has 0 saturated heterocycles. The number of carbonyl (C=O) groups excluding carboxylic acids is 2. The van der Waals surface area contributed by atoms with Crippen LogP contribution in [-0.2, 0) is 9.59 Å². The molecule has 29 heavy (non-hydrogen) atoms. The quantitative estimate of drug-likeness (QED) is 0.492. The van der Waals surface area contributed by atoms with E-state index in [0.717, 1.165) is 22.1 Å². The van der Waals surface area contributed by atoms with Crippen molar-refractivity contribution in [3.63, 3.8) is 0 Å². The van der Waals surface area contributed by atoms with Gasteiger partial charge in [-0.25, -0.2) is 0 Å². The highest BCUT2D eigenvalue weighted by molar-refractivity contribution is 7.99. The van der Waals surface area contributed by atoms with Gasteiger partial charge in [-0.1, -0.05) is 36.0 Å². The van der Waals surface area contributed by atoms with E-state index in [0.29, 0.717) is 16.5 Å². The first-order valence-corrected chi connectivity index (χ1v) is 10.0. The van der Waals surface area contributed by atoms with E-state index in [-0.39, 0.29) is 17.6 Å². The van der Waals surface area contributed by atoms with Gasteiger partial charge >= 0.3 is 0 Å². The Morgan fingerprint density at radius 1 is 1.00 bits per heavy atom. The van der Waals surface area contributed by atoms with E-state index in [2.05, 4.69) is 26.9 Å². The van der Waals surface area contributed by atoms with Gasteiger partial charge in [0.15, 0.2) is 10.8 Å². The molecule has 0 aliphatic rings. The van der Waals surface area contributed by atoms with Crippen molar-refractivity contribution in [3.8, 4) is 0 Å². The lowest BCUT2D eigenvalue weighted by Crippen LogP contribution is -2.14. The monoisotopic (exact) mass is 405 g/mol. The third-order valence-corrected chi connectivity index (χ3v) is 5.30. The van der Waals surface area contributed by atoms with Crippen molar-refractivity contribution in [3.05, 3.63) is 60.2 Å². The molecule has 0 aliphatic heterocycles. The summed E-state index contributed by atoms with van der Waals surface area (Å²) in [7, 11) is 0. The van der Waals surface area contributed by atoms with Gasteiger partial charge in [0, 0.05) is 23.7 Å². The fourth-order valence-corrected chi connectivity index (χ4v) is 3.93. The van der Waals surface area contributed by atoms with E-state index in [4.69, 9.17) is 0 Å². The van der Waals surface area contributed by atoms with E-state index in [9.17, 15) is 9.59 Å². The van der Waals surface area contributed by atoms with Crippen LogP contribution in [0.1, 0.15) is 12.5 Å². The summed E-state index contributed by atoms with van der Waals surface area (Å²) in [6, 6.07) is 17.1. The molecule has 2 amide bonds. The Morgan fingerprint density at radius 2 is 1.76 bits per heavy atom. The van der Waals surface area contributed by atoms with Crippen LogP contribution in [0.2, 0.25) is 0 Å². The Hall–Kier alpha value is -3.39. The van der Waals surface area contributed by atoms with Crippen LogP contribution >= 0.6 is 11.8 Å². The lowest BCUT2D eigenvalue weighted by molar-refractivity contribution is -0.114. The van der Waals surface area contributed by atoms with Crippen molar-refractivity contribution in [1.29, 1.82) is 0 Å². The SMILES string of the molecule is CC(=O)Nc1cccc(NC(=O)CSc2nnc3cc(C)c4ccccc4n23)c1. The smallest absolute Gasteiger partial charge is 0.234 e. The van der Waals surface area contributed by atoms with Crippen molar-refractivity contribution in [2.24, 2.45) is 0 Å². The van der Waals surface area contributed by atoms with Crippen molar-refractivity contribution >= 4 is 51.5 Å². The zero-order chi connectivity index (χ0) is 20.4. The highest BCUT2D eigenvalue weighted by Gasteiger charge is 2.13. The summed E-state index contributed by atoms with van der Waals surface area (Å²) >= 11 is 1.33. The number of pyridine rings is 1. The van der Waals surface area contributed by atoms with Gasteiger partial charge in [-0.3, -0.25) is 14.0 Å². The van der Waals surface area contributed by atoms with Crippen molar-refractivity contribution in [1.82, 2.24) is 14.6 Å². The van der Waals surface area contributed by atoms with Crippen LogP contribution in [0.3, 0.4) is 0 Å². The fraction of sp³-hybridized carbons (Fsp3) is 0.143. The number of aromatic nitrogens is 3. The number of para-hydroxylation sites is 1. The molecule has 0 spiro atoms. The number of amides is 2. The second-order valence-corrected chi connectivity index (χ2v) is 7.56. The summed E-state index contributed by atoms with van der Waals surface area (Å²) < 4.78 is 1.97. The van der Waals surface area contributed by atoms with Crippen molar-refractivity contribution in [2.45, 2.75) is 19.0 Å². The lowest BCUT2D eigenvalue weighted by Gasteiger charge is -2.08. The molecule has 4 rings (SSSR count). The molecule has 2 N–H and O–H groups in total. The Bertz CT molecular complexity index is 1230. The number of nitrogens with one attached hydrogen (secondary N) is 2. The van der Waals surface area contributed by atoms with Gasteiger partial charge in [-0.2, -0.15) is 0 Å². The standard InChI is InChI=1S/C21H19N5O2S/c1-13-10-19-24-25-21(26(19)18-9-4-3-8-17(13)18)29-12-20(28)23-16-7-5-6-15(11-16)22-14(2)27/h3-11H,12H2,1-2H3,(H,22,27)(H,23,28). The lowest BCUT2D eigenvalue weighted by atomic mass is 10.1. The minimum atomic E-state index is -0.164. The number of aryl methyl sites for hydroxylation is 1. The normalized spacial score (nSPS) is 11.0. The predicted molar refractivity (Wildman–Crippen MR) is 115 cm³/mol. The first kappa shape index (κ1) is 18.9. The van der Waals surface area contributed by atoms with Gasteiger partial charge in [0.1, 0.15) is 0 Å². The molecule has 4 aromatic rings. The molecule has 2 aromatic heterocycles. The van der Waals surface area contributed by atoms with Gasteiger partial charge < -0.3 is 10.6 Å². The first-order chi connectivity index (χ1) is 14.0. The number of fused-ring (bicyclic) bond motifs is 3. The minimum absolute atomic E-state index is 0.162. The van der Waals surface area contributed by atoms with Crippen LogP contribution in [0.15, 0.2) is 59.8 Å². The van der Waals surface area contributed by atoms with Gasteiger partial charge in [0.25, 0.3) is 0 Å². The molecule has 2 aromatic carbocycles. The molecule has 0 fully saturated rings. The number of nitrogens with zero attached hydrogens (tertiary/aromatic N) is 3. The maximum Gasteiger partial charge on any atom is 0.234 e. The summed E-state index contributed by atoms with van der Waals surface area (Å²) in [6.45, 7) is 3.49. The van der Waals surface area contributed by atoms with E-state index in [1.807, 2.05) is 35.6 Å². The molecule has 8 heteroatoms. The van der Waals surface area contributed by atoms with Crippen LogP contribution in [0, 0.1) is 6.92 Å². The summed E-state index contributed by atoms with van der Waals surface area (Å²) in [5, 5.41) is 15.8. The van der Waals surface area contributed by atoms with Crippen LogP contribution in [0.5, 0.6) is 0 Å². The number of carbonyl (C=O) groups is 2. The first-order valence-electron chi connectivity index (χ1n) is 9.05. The zero-order valence-electron chi connectivity index (χ0n) is 16.0. The summed E-state index contributed by atoms with van der Waals surface area (Å²) in [5.41, 5.74) is 4.15. The Morgan fingerprint density at radius 3 is 2.55 bits per heavy atom. The molecule has 0 atom stereocenters. The molecule has 7 nitrogen and oxygen atoms in total. The molecule has 0 saturated carbocycles. The average molecular weight is 405 g/mol. The molecular weight excluding hydrogens is 386 g/mol. The van der Waals surface area contributed by atoms with Crippen LogP contribution in [0.4, 0.5) is 11.4 Å². The Labute approximate surface area is 171 Å². The number of thioether (sulfide) groups is 1. The number of hydrogen-bond acceptors (Lipinski definition) is 5. The molecule has 146 valence electrons. The number of hydrogen-bond donors (Lipinski definition) is 2. The third kappa shape index (κ3) is 4.07. The van der Waals surface area contributed by atoms with Crippen molar-refractivity contribution < 1.29 is 9.59 Å². The molecule has 0 radical (unpaired) electrons. The van der Waals surface area contributed by atoms with Crippen LogP contribution in [-0.4, -0.2) is 32.2 Å². The van der Waals surface area contributed by atoms with Gasteiger partial charge in [0.2, 0.25) is 11.8 Å². The van der Waals surface area contributed by atoms with E-state index >= 15 is 0 Å². The largest absolute Gasteiger partial charge is 0.326 e. The zero-order valence-corrected chi connectivity index (χ0v) is 16.8. The van der Waals surface area contributed by atoms with Crippen LogP contribution < -0.4 is 10.6 Å². The second kappa shape index (κ2) is 7.92. The summed E-state index contributed by atoms with van der Waals surface area (Å²) in [5.74, 6) is -0.138. The fourth-order valence-electron chi connectivity index (χ4n) is 3.17. The molecule has 0 aliphatic carbocycles. The minimum Gasteiger partial charge on any atom is -0.326 e. The topological polar surface area (TPSA) is 88.4 Å². The predicted octanol–water partition coefficient (Wildman–Crippen LogP) is 3.88. The van der Waals surface area contributed by atoms with E-state index in [1.54, 1.807) is 24.3 Å². The summed E-state index contributed by atoms with van der Waals surface area (Å²) in [4.78, 5) is 23.6. The molecule has 2 heterocycles. The van der Waals surface area contributed by atoms with E-state index in [1.165, 1.54) is 18.7 Å². The molecule has 0 bridgehead atoms. The van der Waals surface area contributed by atoms with Gasteiger partial charge in [-0.15, -0.1) is 10.2 Å². The average Bonchev–Trinajstić information content (AvgIpc) is 3.09. The Balaban J connectivity index is 1.51. The van der Waals surface area contributed by atoms with Gasteiger partial charge in [0.05, 0.1) is 11.3 Å². The highest BCUT2D eigenvalue weighted by atomic mass is 32.2. The van der Waals surface area contributed by atoms with Gasteiger partial charge in [-0.05, 0) is 42.8 Å². The maximum atomic E-state index is 12.4. The van der Waals surface area contributed by atoms with E-state index < -0.39 is 0 Å². The van der Waals surface area contributed by atoms with Crippen LogP contribution in [0.25, 0.3) is 16.6 Å². The number of anilines is 2. The Kier molecular flexibility index (Phi) is 5.18. The second-order valence-electron chi connectivity index (χ2n) is 6.62. The number of rotatable bonds is 5. The third-order valence-electron chi connectivity index (χ3n) is 4.37. The number of benzene rings is 2. The summed E-state index contributed by atoms with van der Waals surface area (Å²) in [6.07, 6.45) is 0. The van der Waals surface area contributed by atoms with Crippen molar-refractivity contribution in [2.75, 3.05) is 16.4 Å².